The number of nitrogens with zero attached hydrogens (tertiary/aromatic N) is 2. The minimum Gasteiger partial charge on any atom is -0.490 e. The second-order valence-electron chi connectivity index (χ2n) is 10.7. The highest BCUT2D eigenvalue weighted by Crippen LogP contribution is 2.41. The quantitative estimate of drug-likeness (QED) is 0.184. The maximum Gasteiger partial charge on any atom is 0.271 e. The Bertz CT molecular complexity index is 2100. The minimum atomic E-state index is -0.256. The number of allylic oxidation sites excluding steroid dienone is 1. The SMILES string of the molecule is CCOc1cc(/C=c2/sc3n(c2=O)C(c2ccc(Cl)cc2)C2=C(N=3)c3ccccc3CC2)ccc1OCc1ccccc1Cl. The van der Waals surface area contributed by atoms with Crippen LogP contribution >= 0.6 is 34.5 Å². The molecule has 1 aliphatic heterocycles. The van der Waals surface area contributed by atoms with E-state index >= 15 is 0 Å². The number of hydrogen-bond donors (Lipinski definition) is 0. The lowest BCUT2D eigenvalue weighted by Gasteiger charge is -2.30. The molecule has 0 N–H and O–H groups in total. The molecule has 0 saturated carbocycles. The van der Waals surface area contributed by atoms with Crippen LogP contribution in [0.5, 0.6) is 11.5 Å². The van der Waals surface area contributed by atoms with Crippen molar-refractivity contribution in [1.29, 1.82) is 0 Å². The molecular formula is C36H28Cl2N2O3S. The van der Waals surface area contributed by atoms with E-state index in [1.54, 1.807) is 0 Å². The summed E-state index contributed by atoms with van der Waals surface area (Å²) in [5.74, 6) is 1.21. The molecule has 1 aliphatic carbocycles. The van der Waals surface area contributed by atoms with Gasteiger partial charge in [0.25, 0.3) is 5.56 Å². The van der Waals surface area contributed by atoms with E-state index in [-0.39, 0.29) is 11.6 Å². The molecule has 0 bridgehead atoms. The average molecular weight is 640 g/mol. The van der Waals surface area contributed by atoms with E-state index in [0.29, 0.717) is 44.1 Å². The molecule has 8 heteroatoms. The fraction of sp³-hybridized carbons (Fsp3) is 0.167. The van der Waals surface area contributed by atoms with Crippen molar-refractivity contribution in [3.8, 4) is 11.5 Å². The number of aromatic nitrogens is 1. The summed E-state index contributed by atoms with van der Waals surface area (Å²) in [4.78, 5) is 19.9. The number of hydrogen-bond acceptors (Lipinski definition) is 5. The van der Waals surface area contributed by atoms with Gasteiger partial charge in [0.05, 0.1) is 22.9 Å². The summed E-state index contributed by atoms with van der Waals surface area (Å²) in [7, 11) is 0. The highest BCUT2D eigenvalue weighted by Gasteiger charge is 2.32. The van der Waals surface area contributed by atoms with Crippen LogP contribution in [-0.4, -0.2) is 11.2 Å². The van der Waals surface area contributed by atoms with Gasteiger partial charge in [-0.3, -0.25) is 9.36 Å². The van der Waals surface area contributed by atoms with Crippen LogP contribution in [-0.2, 0) is 13.0 Å². The zero-order valence-electron chi connectivity index (χ0n) is 23.9. The van der Waals surface area contributed by atoms with Crippen molar-refractivity contribution in [2.45, 2.75) is 32.4 Å². The van der Waals surface area contributed by atoms with Gasteiger partial charge in [0, 0.05) is 21.2 Å². The van der Waals surface area contributed by atoms with Gasteiger partial charge in [0.2, 0.25) is 0 Å². The Labute approximate surface area is 269 Å². The Balaban J connectivity index is 1.31. The topological polar surface area (TPSA) is 52.8 Å². The zero-order chi connectivity index (χ0) is 30.2. The average Bonchev–Trinajstić information content (AvgIpc) is 3.35. The van der Waals surface area contributed by atoms with Crippen molar-refractivity contribution in [3.63, 3.8) is 0 Å². The lowest BCUT2D eigenvalue weighted by molar-refractivity contribution is 0.269. The van der Waals surface area contributed by atoms with Gasteiger partial charge in [-0.15, -0.1) is 0 Å². The third kappa shape index (κ3) is 5.38. The highest BCUT2D eigenvalue weighted by atomic mass is 35.5. The smallest absolute Gasteiger partial charge is 0.271 e. The minimum absolute atomic E-state index is 0.0730. The Morgan fingerprint density at radius 1 is 0.932 bits per heavy atom. The van der Waals surface area contributed by atoms with Gasteiger partial charge in [0.15, 0.2) is 16.3 Å². The van der Waals surface area contributed by atoms with Gasteiger partial charge in [-0.25, -0.2) is 4.99 Å². The lowest BCUT2D eigenvalue weighted by atomic mass is 9.83. The fourth-order valence-electron chi connectivity index (χ4n) is 5.89. The van der Waals surface area contributed by atoms with Crippen LogP contribution in [0.4, 0.5) is 0 Å². The standard InChI is InChI=1S/C36H28Cl2N2O3S/c1-2-42-31-19-22(11-18-30(31)43-21-25-8-4-6-10-29(25)38)20-32-35(41)40-34(24-12-15-26(37)16-13-24)28-17-14-23-7-3-5-9-27(23)33(28)39-36(40)44-32/h3-13,15-16,18-20,34H,2,14,17,21H2,1H3/b32-20+. The molecule has 7 rings (SSSR count). The number of halogens is 2. The number of aryl methyl sites for hydroxylation is 1. The lowest BCUT2D eigenvalue weighted by Crippen LogP contribution is -2.38. The molecule has 5 aromatic rings. The summed E-state index contributed by atoms with van der Waals surface area (Å²) in [6.07, 6.45) is 3.64. The maximum absolute atomic E-state index is 14.1. The Hall–Kier alpha value is -4.10. The monoisotopic (exact) mass is 638 g/mol. The van der Waals surface area contributed by atoms with E-state index in [9.17, 15) is 4.79 Å². The zero-order valence-corrected chi connectivity index (χ0v) is 26.3. The normalized spacial score (nSPS) is 15.7. The molecule has 5 nitrogen and oxygen atoms in total. The Kier molecular flexibility index (Phi) is 7.89. The van der Waals surface area contributed by atoms with Crippen molar-refractivity contribution in [3.05, 3.63) is 154 Å². The molecule has 1 aromatic heterocycles. The maximum atomic E-state index is 14.1. The molecule has 0 spiro atoms. The Morgan fingerprint density at radius 2 is 1.73 bits per heavy atom. The highest BCUT2D eigenvalue weighted by molar-refractivity contribution is 7.07. The summed E-state index contributed by atoms with van der Waals surface area (Å²) in [6, 6.07) is 29.3. The van der Waals surface area contributed by atoms with Crippen LogP contribution in [0.25, 0.3) is 11.8 Å². The van der Waals surface area contributed by atoms with Crippen LogP contribution < -0.4 is 24.4 Å². The second kappa shape index (κ2) is 12.1. The largest absolute Gasteiger partial charge is 0.490 e. The van der Waals surface area contributed by atoms with Crippen molar-refractivity contribution >= 4 is 46.3 Å². The predicted octanol–water partition coefficient (Wildman–Crippen LogP) is 7.60. The van der Waals surface area contributed by atoms with E-state index < -0.39 is 0 Å². The summed E-state index contributed by atoms with van der Waals surface area (Å²) in [5.41, 5.74) is 7.22. The molecule has 1 unspecified atom stereocenters. The van der Waals surface area contributed by atoms with Gasteiger partial charge in [0.1, 0.15) is 6.61 Å². The molecule has 0 fully saturated rings. The number of ether oxygens (including phenoxy) is 2. The summed E-state index contributed by atoms with van der Waals surface area (Å²) >= 11 is 14.0. The van der Waals surface area contributed by atoms with E-state index in [4.69, 9.17) is 37.7 Å². The third-order valence-electron chi connectivity index (χ3n) is 7.97. The van der Waals surface area contributed by atoms with Crippen LogP contribution in [0.2, 0.25) is 10.0 Å². The van der Waals surface area contributed by atoms with Crippen LogP contribution in [0.1, 0.15) is 47.2 Å². The third-order valence-corrected chi connectivity index (χ3v) is 9.57. The number of benzene rings is 4. The molecule has 4 aromatic carbocycles. The van der Waals surface area contributed by atoms with Gasteiger partial charge in [-0.05, 0) is 78.4 Å². The van der Waals surface area contributed by atoms with Crippen molar-refractivity contribution in [2.24, 2.45) is 4.99 Å². The molecule has 1 atom stereocenters. The number of rotatable bonds is 7. The molecule has 0 saturated heterocycles. The molecule has 2 aliphatic rings. The van der Waals surface area contributed by atoms with Crippen molar-refractivity contribution in [1.82, 2.24) is 4.57 Å². The van der Waals surface area contributed by atoms with Crippen LogP contribution in [0.3, 0.4) is 0 Å². The first-order chi connectivity index (χ1) is 21.5. The number of fused-ring (bicyclic) bond motifs is 3. The van der Waals surface area contributed by atoms with Crippen molar-refractivity contribution in [2.75, 3.05) is 6.61 Å². The first-order valence-electron chi connectivity index (χ1n) is 14.5. The van der Waals surface area contributed by atoms with Gasteiger partial charge in [-0.1, -0.05) is 95.2 Å². The second-order valence-corrected chi connectivity index (χ2v) is 12.5. The predicted molar refractivity (Wildman–Crippen MR) is 178 cm³/mol. The Morgan fingerprint density at radius 3 is 2.55 bits per heavy atom. The van der Waals surface area contributed by atoms with Crippen LogP contribution in [0.15, 0.2) is 106 Å². The van der Waals surface area contributed by atoms with E-state index in [0.717, 1.165) is 46.4 Å². The summed E-state index contributed by atoms with van der Waals surface area (Å²) < 4.78 is 14.5. The molecule has 2 heterocycles. The molecule has 0 radical (unpaired) electrons. The number of thiazole rings is 1. The van der Waals surface area contributed by atoms with Gasteiger partial charge < -0.3 is 9.47 Å². The molecule has 44 heavy (non-hydrogen) atoms. The molecule has 0 amide bonds. The van der Waals surface area contributed by atoms with E-state index in [2.05, 4.69) is 24.3 Å². The summed E-state index contributed by atoms with van der Waals surface area (Å²) in [5, 5.41) is 1.31. The first kappa shape index (κ1) is 28.7. The van der Waals surface area contributed by atoms with E-state index in [1.807, 2.05) is 84.3 Å². The first-order valence-corrected chi connectivity index (χ1v) is 16.1. The summed E-state index contributed by atoms with van der Waals surface area (Å²) in [6.45, 7) is 2.72. The molecule has 220 valence electrons. The van der Waals surface area contributed by atoms with Crippen LogP contribution in [0, 0.1) is 0 Å². The molecular weight excluding hydrogens is 611 g/mol. The fourth-order valence-corrected chi connectivity index (χ4v) is 7.21. The van der Waals surface area contributed by atoms with Gasteiger partial charge in [-0.2, -0.15) is 0 Å². The van der Waals surface area contributed by atoms with Crippen molar-refractivity contribution < 1.29 is 9.47 Å². The van der Waals surface area contributed by atoms with Gasteiger partial charge >= 0.3 is 0 Å². The van der Waals surface area contributed by atoms with E-state index in [1.165, 1.54) is 16.9 Å².